The van der Waals surface area contributed by atoms with Crippen LogP contribution in [0.2, 0.25) is 0 Å². The van der Waals surface area contributed by atoms with Gasteiger partial charge < -0.3 is 24.8 Å². The zero-order valence-electron chi connectivity index (χ0n) is 23.7. The van der Waals surface area contributed by atoms with E-state index < -0.39 is 5.97 Å². The molecule has 0 aliphatic heterocycles. The lowest BCUT2D eigenvalue weighted by atomic mass is 9.92. The summed E-state index contributed by atoms with van der Waals surface area (Å²) in [6.45, 7) is 5.79. The van der Waals surface area contributed by atoms with Crippen molar-refractivity contribution in [1.29, 1.82) is 0 Å². The van der Waals surface area contributed by atoms with Gasteiger partial charge in [0.2, 0.25) is 0 Å². The van der Waals surface area contributed by atoms with Crippen LogP contribution in [0.25, 0.3) is 22.3 Å². The van der Waals surface area contributed by atoms with Crippen molar-refractivity contribution < 1.29 is 24.2 Å². The van der Waals surface area contributed by atoms with Crippen LogP contribution in [0.4, 0.5) is 4.79 Å². The number of carboxylic acid groups (broad SMARTS) is 1. The minimum Gasteiger partial charge on any atom is -0.496 e. The summed E-state index contributed by atoms with van der Waals surface area (Å²) in [5.74, 6) is 0.533. The molecule has 0 atom stereocenters. The Morgan fingerprint density at radius 2 is 1.56 bits per heavy atom. The molecule has 2 amide bonds. The third-order valence-electron chi connectivity index (χ3n) is 6.83. The molecule has 2 N–H and O–H groups in total. The van der Waals surface area contributed by atoms with Crippen molar-refractivity contribution in [3.8, 4) is 33.8 Å². The Labute approximate surface area is 241 Å². The molecule has 0 aliphatic rings. The second-order valence-corrected chi connectivity index (χ2v) is 9.59. The monoisotopic (exact) mass is 552 g/mol. The predicted octanol–water partition coefficient (Wildman–Crippen LogP) is 6.79. The highest BCUT2D eigenvalue weighted by molar-refractivity contribution is 5.80. The van der Waals surface area contributed by atoms with Gasteiger partial charge in [-0.25, -0.2) is 4.79 Å². The third kappa shape index (κ3) is 7.66. The Hall–Kier alpha value is -4.78. The van der Waals surface area contributed by atoms with Crippen molar-refractivity contribution in [1.82, 2.24) is 10.2 Å². The zero-order valence-corrected chi connectivity index (χ0v) is 23.7. The molecule has 4 rings (SSSR count). The number of rotatable bonds is 12. The van der Waals surface area contributed by atoms with Crippen molar-refractivity contribution in [3.05, 3.63) is 108 Å². The van der Waals surface area contributed by atoms with Crippen LogP contribution in [0, 0.1) is 0 Å². The Bertz CT molecular complexity index is 1470. The molecular formula is C34H36N2O5. The fraction of sp³-hybridized carbons (Fsp3) is 0.235. The van der Waals surface area contributed by atoms with Gasteiger partial charge >= 0.3 is 12.0 Å². The van der Waals surface area contributed by atoms with Gasteiger partial charge in [0.15, 0.2) is 0 Å². The Morgan fingerprint density at radius 3 is 2.22 bits per heavy atom. The number of aliphatic carboxylic acids is 1. The highest BCUT2D eigenvalue weighted by atomic mass is 16.5. The molecule has 0 radical (unpaired) electrons. The first-order valence-corrected chi connectivity index (χ1v) is 13.7. The maximum absolute atomic E-state index is 13.3. The van der Waals surface area contributed by atoms with Crippen LogP contribution in [-0.4, -0.2) is 42.3 Å². The first kappa shape index (κ1) is 29.2. The summed E-state index contributed by atoms with van der Waals surface area (Å²) in [5.41, 5.74) is 6.27. The molecule has 0 unspecified atom stereocenters. The van der Waals surface area contributed by atoms with Crippen molar-refractivity contribution in [2.24, 2.45) is 0 Å². The van der Waals surface area contributed by atoms with Gasteiger partial charge in [0.05, 0.1) is 20.1 Å². The summed E-state index contributed by atoms with van der Waals surface area (Å²) in [6.07, 6.45) is -0.0977. The van der Waals surface area contributed by atoms with E-state index in [1.807, 2.05) is 86.6 Å². The SMILES string of the molecule is CCOc1ccc(-c2ccc(-c3cc(CC(=O)O)ccc3OC)c(CN(CC)C(=O)NCc3ccccc3)c2)cc1. The molecule has 0 aliphatic carbocycles. The molecule has 0 saturated heterocycles. The van der Waals surface area contributed by atoms with Gasteiger partial charge in [-0.1, -0.05) is 60.7 Å². The highest BCUT2D eigenvalue weighted by Gasteiger charge is 2.18. The van der Waals surface area contributed by atoms with Crippen LogP contribution in [0.1, 0.15) is 30.5 Å². The summed E-state index contributed by atoms with van der Waals surface area (Å²) in [5, 5.41) is 12.4. The number of carbonyl (C=O) groups is 2. The van der Waals surface area contributed by atoms with Gasteiger partial charge in [-0.3, -0.25) is 4.79 Å². The number of ether oxygens (including phenoxy) is 2. The largest absolute Gasteiger partial charge is 0.496 e. The van der Waals surface area contributed by atoms with E-state index in [2.05, 4.69) is 11.4 Å². The molecule has 4 aromatic carbocycles. The van der Waals surface area contributed by atoms with E-state index >= 15 is 0 Å². The first-order valence-electron chi connectivity index (χ1n) is 13.7. The number of carbonyl (C=O) groups excluding carboxylic acids is 1. The molecule has 4 aromatic rings. The normalized spacial score (nSPS) is 10.6. The standard InChI is InChI=1S/C34H36N2O5/c1-4-36(34(39)35-22-24-9-7-6-8-10-24)23-28-21-27(26-12-15-29(16-13-26)41-5-2)14-17-30(28)31-19-25(20-33(37)38)11-18-32(31)40-3/h6-19,21H,4-5,20,22-23H2,1-3H3,(H,35,39)(H,37,38). The lowest BCUT2D eigenvalue weighted by Crippen LogP contribution is -2.39. The van der Waals surface area contributed by atoms with Crippen molar-refractivity contribution in [2.75, 3.05) is 20.3 Å². The number of nitrogens with zero attached hydrogens (tertiary/aromatic N) is 1. The quantitative estimate of drug-likeness (QED) is 0.202. The lowest BCUT2D eigenvalue weighted by molar-refractivity contribution is -0.136. The topological polar surface area (TPSA) is 88.1 Å². The first-order chi connectivity index (χ1) is 19.9. The number of hydrogen-bond acceptors (Lipinski definition) is 4. The highest BCUT2D eigenvalue weighted by Crippen LogP contribution is 2.36. The molecule has 41 heavy (non-hydrogen) atoms. The lowest BCUT2D eigenvalue weighted by Gasteiger charge is -2.24. The van der Waals surface area contributed by atoms with E-state index in [4.69, 9.17) is 9.47 Å². The third-order valence-corrected chi connectivity index (χ3v) is 6.83. The van der Waals surface area contributed by atoms with Gasteiger partial charge in [0, 0.05) is 25.2 Å². The van der Waals surface area contributed by atoms with Gasteiger partial charge in [0.1, 0.15) is 11.5 Å². The predicted molar refractivity (Wildman–Crippen MR) is 161 cm³/mol. The van der Waals surface area contributed by atoms with Crippen LogP contribution < -0.4 is 14.8 Å². The summed E-state index contributed by atoms with van der Waals surface area (Å²) in [7, 11) is 1.60. The molecule has 0 heterocycles. The molecular weight excluding hydrogens is 516 g/mol. The molecule has 0 bridgehead atoms. The Morgan fingerprint density at radius 1 is 0.829 bits per heavy atom. The molecule has 0 aromatic heterocycles. The van der Waals surface area contributed by atoms with Gasteiger partial charge in [-0.05, 0) is 77.6 Å². The molecule has 0 spiro atoms. The summed E-state index contributed by atoms with van der Waals surface area (Å²) in [4.78, 5) is 26.5. The number of benzene rings is 4. The van der Waals surface area contributed by atoms with Crippen LogP contribution in [-0.2, 0) is 24.3 Å². The summed E-state index contributed by atoms with van der Waals surface area (Å²) < 4.78 is 11.3. The molecule has 212 valence electrons. The second-order valence-electron chi connectivity index (χ2n) is 9.59. The van der Waals surface area contributed by atoms with Gasteiger partial charge in [-0.15, -0.1) is 0 Å². The summed E-state index contributed by atoms with van der Waals surface area (Å²) >= 11 is 0. The van der Waals surface area contributed by atoms with Gasteiger partial charge in [0.25, 0.3) is 0 Å². The number of hydrogen-bond donors (Lipinski definition) is 2. The molecule has 7 heteroatoms. The average Bonchev–Trinajstić information content (AvgIpc) is 2.99. The van der Waals surface area contributed by atoms with Gasteiger partial charge in [-0.2, -0.15) is 0 Å². The maximum atomic E-state index is 13.3. The number of urea groups is 1. The number of carboxylic acids is 1. The van der Waals surface area contributed by atoms with Crippen LogP contribution in [0.5, 0.6) is 11.5 Å². The van der Waals surface area contributed by atoms with Crippen LogP contribution in [0.15, 0.2) is 91.0 Å². The molecule has 0 fully saturated rings. The minimum atomic E-state index is -0.903. The fourth-order valence-corrected chi connectivity index (χ4v) is 4.75. The fourth-order valence-electron chi connectivity index (χ4n) is 4.75. The summed E-state index contributed by atoms with van der Waals surface area (Å²) in [6, 6.07) is 29.1. The van der Waals surface area contributed by atoms with Crippen molar-refractivity contribution >= 4 is 12.0 Å². The van der Waals surface area contributed by atoms with Crippen molar-refractivity contribution in [3.63, 3.8) is 0 Å². The maximum Gasteiger partial charge on any atom is 0.317 e. The van der Waals surface area contributed by atoms with E-state index in [-0.39, 0.29) is 12.5 Å². The Kier molecular flexibility index (Phi) is 9.99. The zero-order chi connectivity index (χ0) is 29.2. The van der Waals surface area contributed by atoms with Crippen molar-refractivity contribution in [2.45, 2.75) is 33.4 Å². The van der Waals surface area contributed by atoms with E-state index in [1.165, 1.54) is 0 Å². The number of amides is 2. The van der Waals surface area contributed by atoms with E-state index in [0.29, 0.717) is 37.6 Å². The Balaban J connectivity index is 1.72. The second kappa shape index (κ2) is 14.0. The van der Waals surface area contributed by atoms with E-state index in [1.54, 1.807) is 24.1 Å². The van der Waals surface area contributed by atoms with Crippen LogP contribution >= 0.6 is 0 Å². The smallest absolute Gasteiger partial charge is 0.317 e. The molecule has 0 saturated carbocycles. The molecule has 7 nitrogen and oxygen atoms in total. The van der Waals surface area contributed by atoms with Crippen LogP contribution in [0.3, 0.4) is 0 Å². The van der Waals surface area contributed by atoms with E-state index in [0.717, 1.165) is 39.1 Å². The van der Waals surface area contributed by atoms with E-state index in [9.17, 15) is 14.7 Å². The number of methoxy groups -OCH3 is 1. The minimum absolute atomic E-state index is 0.0977. The average molecular weight is 553 g/mol. The number of nitrogens with one attached hydrogen (secondary N) is 1.